The molecule has 0 radical (unpaired) electrons. The van der Waals surface area contributed by atoms with E-state index in [1.165, 1.54) is 11.3 Å². The zero-order valence-electron chi connectivity index (χ0n) is 11.2. The van der Waals surface area contributed by atoms with Gasteiger partial charge < -0.3 is 5.32 Å². The Bertz CT molecular complexity index is 639. The van der Waals surface area contributed by atoms with E-state index in [0.29, 0.717) is 12.1 Å². The third-order valence-corrected chi connectivity index (χ3v) is 3.90. The van der Waals surface area contributed by atoms with Crippen LogP contribution in [0.3, 0.4) is 0 Å². The quantitative estimate of drug-likeness (QED) is 0.498. The van der Waals surface area contributed by atoms with Crippen molar-refractivity contribution in [2.75, 3.05) is 6.54 Å². The molecule has 0 fully saturated rings. The van der Waals surface area contributed by atoms with Crippen LogP contribution in [0.5, 0.6) is 0 Å². The lowest BCUT2D eigenvalue weighted by atomic mass is 9.99. The van der Waals surface area contributed by atoms with Crippen molar-refractivity contribution in [1.29, 1.82) is 0 Å². The number of benzene rings is 1. The highest BCUT2D eigenvalue weighted by Crippen LogP contribution is 2.33. The SMILES string of the molecule is CCNC(c1csc(C)c1)c1c(F)c(F)c(F)c(F)c1F. The molecule has 1 aromatic heterocycles. The van der Waals surface area contributed by atoms with E-state index < -0.39 is 40.7 Å². The van der Waals surface area contributed by atoms with Gasteiger partial charge in [-0.2, -0.15) is 0 Å². The summed E-state index contributed by atoms with van der Waals surface area (Å²) >= 11 is 1.33. The second-order valence-corrected chi connectivity index (χ2v) is 5.58. The van der Waals surface area contributed by atoms with Gasteiger partial charge in [-0.1, -0.05) is 6.92 Å². The van der Waals surface area contributed by atoms with Crippen LogP contribution >= 0.6 is 11.3 Å². The highest BCUT2D eigenvalue weighted by atomic mass is 32.1. The van der Waals surface area contributed by atoms with E-state index in [0.717, 1.165) is 4.88 Å². The topological polar surface area (TPSA) is 12.0 Å². The first-order valence-electron chi connectivity index (χ1n) is 6.18. The Morgan fingerprint density at radius 2 is 1.52 bits per heavy atom. The Morgan fingerprint density at radius 1 is 1.00 bits per heavy atom. The number of nitrogens with one attached hydrogen (secondary N) is 1. The molecule has 7 heteroatoms. The smallest absolute Gasteiger partial charge is 0.200 e. The zero-order chi connectivity index (χ0) is 15.7. The van der Waals surface area contributed by atoms with Gasteiger partial charge in [-0.15, -0.1) is 11.3 Å². The molecule has 2 aromatic rings. The summed E-state index contributed by atoms with van der Waals surface area (Å²) in [6.07, 6.45) is 0. The molecule has 0 aliphatic heterocycles. The van der Waals surface area contributed by atoms with Crippen LogP contribution in [-0.4, -0.2) is 6.54 Å². The van der Waals surface area contributed by atoms with Crippen molar-refractivity contribution < 1.29 is 22.0 Å². The van der Waals surface area contributed by atoms with Crippen molar-refractivity contribution in [2.45, 2.75) is 19.9 Å². The summed E-state index contributed by atoms with van der Waals surface area (Å²) in [5, 5.41) is 4.38. The molecule has 114 valence electrons. The summed E-state index contributed by atoms with van der Waals surface area (Å²) in [6, 6.07) is 0.556. The van der Waals surface area contributed by atoms with Gasteiger partial charge in [0.25, 0.3) is 0 Å². The Balaban J connectivity index is 2.66. The standard InChI is InChI=1S/C14H12F5NS/c1-3-20-14(7-4-6(2)21-5-7)8-9(15)11(17)13(19)12(18)10(8)16/h4-5,14,20H,3H2,1-2H3. The lowest BCUT2D eigenvalue weighted by Crippen LogP contribution is -2.25. The molecule has 0 amide bonds. The van der Waals surface area contributed by atoms with Gasteiger partial charge in [-0.05, 0) is 30.5 Å². The second kappa shape index (κ2) is 6.11. The fraction of sp³-hybridized carbons (Fsp3) is 0.286. The Morgan fingerprint density at radius 3 is 1.95 bits per heavy atom. The van der Waals surface area contributed by atoms with Gasteiger partial charge in [0.2, 0.25) is 5.82 Å². The van der Waals surface area contributed by atoms with Crippen LogP contribution in [-0.2, 0) is 0 Å². The van der Waals surface area contributed by atoms with E-state index in [9.17, 15) is 22.0 Å². The van der Waals surface area contributed by atoms with E-state index in [2.05, 4.69) is 5.32 Å². The molecule has 0 aliphatic rings. The normalized spacial score (nSPS) is 12.7. The number of rotatable bonds is 4. The minimum atomic E-state index is -2.15. The van der Waals surface area contributed by atoms with Crippen molar-refractivity contribution in [3.05, 3.63) is 56.5 Å². The Kier molecular flexibility index (Phi) is 4.63. The Labute approximate surface area is 122 Å². The molecular formula is C14H12F5NS. The van der Waals surface area contributed by atoms with Crippen LogP contribution in [0.15, 0.2) is 11.4 Å². The molecule has 0 saturated carbocycles. The minimum absolute atomic E-state index is 0.305. The van der Waals surface area contributed by atoms with Crippen molar-refractivity contribution in [3.63, 3.8) is 0 Å². The number of halogens is 5. The molecule has 1 atom stereocenters. The fourth-order valence-corrected chi connectivity index (χ4v) is 2.81. The summed E-state index contributed by atoms with van der Waals surface area (Å²) in [6.45, 7) is 3.77. The van der Waals surface area contributed by atoms with Gasteiger partial charge in [0.05, 0.1) is 11.6 Å². The Hall–Kier alpha value is -1.47. The predicted octanol–water partition coefficient (Wildman–Crippen LogP) is 4.45. The monoisotopic (exact) mass is 321 g/mol. The van der Waals surface area contributed by atoms with Crippen molar-refractivity contribution in [3.8, 4) is 0 Å². The maximum absolute atomic E-state index is 13.9. The summed E-state index contributed by atoms with van der Waals surface area (Å²) in [7, 11) is 0. The van der Waals surface area contributed by atoms with Gasteiger partial charge in [0, 0.05) is 4.88 Å². The number of hydrogen-bond donors (Lipinski definition) is 1. The highest BCUT2D eigenvalue weighted by molar-refractivity contribution is 7.10. The molecule has 1 heterocycles. The van der Waals surface area contributed by atoms with E-state index in [-0.39, 0.29) is 0 Å². The summed E-state index contributed by atoms with van der Waals surface area (Å²) in [5.74, 6) is -9.62. The summed E-state index contributed by atoms with van der Waals surface area (Å²) < 4.78 is 67.6. The van der Waals surface area contributed by atoms with E-state index >= 15 is 0 Å². The van der Waals surface area contributed by atoms with Crippen molar-refractivity contribution >= 4 is 11.3 Å². The van der Waals surface area contributed by atoms with E-state index in [1.807, 2.05) is 0 Å². The summed E-state index contributed by atoms with van der Waals surface area (Å²) in [5.41, 5.74) is -0.395. The van der Waals surface area contributed by atoms with Crippen LogP contribution in [0.2, 0.25) is 0 Å². The minimum Gasteiger partial charge on any atom is -0.306 e. The van der Waals surface area contributed by atoms with Gasteiger partial charge in [-0.25, -0.2) is 22.0 Å². The lowest BCUT2D eigenvalue weighted by molar-refractivity contribution is 0.362. The molecule has 1 nitrogen and oxygen atoms in total. The second-order valence-electron chi connectivity index (χ2n) is 4.46. The number of thiophene rings is 1. The van der Waals surface area contributed by atoms with Crippen LogP contribution in [0.4, 0.5) is 22.0 Å². The van der Waals surface area contributed by atoms with E-state index in [4.69, 9.17) is 0 Å². The van der Waals surface area contributed by atoms with Crippen molar-refractivity contribution in [1.82, 2.24) is 5.32 Å². The first kappa shape index (κ1) is 15.9. The fourth-order valence-electron chi connectivity index (χ4n) is 2.08. The van der Waals surface area contributed by atoms with Crippen LogP contribution in [0.1, 0.15) is 29.0 Å². The first-order valence-corrected chi connectivity index (χ1v) is 7.06. The van der Waals surface area contributed by atoms with Gasteiger partial charge in [0.1, 0.15) is 0 Å². The zero-order valence-corrected chi connectivity index (χ0v) is 12.1. The van der Waals surface area contributed by atoms with Gasteiger partial charge >= 0.3 is 0 Å². The third-order valence-electron chi connectivity index (χ3n) is 3.02. The molecule has 21 heavy (non-hydrogen) atoms. The predicted molar refractivity (Wildman–Crippen MR) is 70.8 cm³/mol. The number of hydrogen-bond acceptors (Lipinski definition) is 2. The number of aryl methyl sites for hydroxylation is 1. The maximum Gasteiger partial charge on any atom is 0.200 e. The van der Waals surface area contributed by atoms with Crippen LogP contribution in [0, 0.1) is 36.0 Å². The highest BCUT2D eigenvalue weighted by Gasteiger charge is 2.31. The van der Waals surface area contributed by atoms with E-state index in [1.54, 1.807) is 25.3 Å². The van der Waals surface area contributed by atoms with Crippen molar-refractivity contribution in [2.24, 2.45) is 0 Å². The molecular weight excluding hydrogens is 309 g/mol. The average Bonchev–Trinajstić information content (AvgIpc) is 2.88. The van der Waals surface area contributed by atoms with Gasteiger partial charge in [-0.3, -0.25) is 0 Å². The molecule has 2 rings (SSSR count). The molecule has 0 saturated heterocycles. The third kappa shape index (κ3) is 2.80. The van der Waals surface area contributed by atoms with Gasteiger partial charge in [0.15, 0.2) is 23.3 Å². The molecule has 0 bridgehead atoms. The molecule has 0 spiro atoms. The van der Waals surface area contributed by atoms with Crippen LogP contribution in [0.25, 0.3) is 0 Å². The molecule has 1 N–H and O–H groups in total. The summed E-state index contributed by atoms with van der Waals surface area (Å²) in [4.78, 5) is 0.872. The van der Waals surface area contributed by atoms with Crippen LogP contribution < -0.4 is 5.32 Å². The molecule has 1 unspecified atom stereocenters. The average molecular weight is 321 g/mol. The first-order chi connectivity index (χ1) is 9.88. The maximum atomic E-state index is 13.9. The molecule has 0 aliphatic carbocycles. The lowest BCUT2D eigenvalue weighted by Gasteiger charge is -2.19. The molecule has 1 aromatic carbocycles. The largest absolute Gasteiger partial charge is 0.306 e.